The Morgan fingerprint density at radius 3 is 2.26 bits per heavy atom. The number of allylic oxidation sites excluding steroid dienone is 2. The zero-order chi connectivity index (χ0) is 13.8. The molecule has 3 heteroatoms. The Morgan fingerprint density at radius 1 is 1.11 bits per heavy atom. The standard InChI is InChI=1S/C16H22O3/c1-10(2)16-6-4-15(3,5-7-16)8-11-12(9-16)14(18)19-13(11)17/h4,6,10-12H,5,7-9H2,1-3H3/t11-,12+,15+,16+/m1/s1. The van der Waals surface area contributed by atoms with Crippen molar-refractivity contribution in [3.8, 4) is 0 Å². The lowest BCUT2D eigenvalue weighted by atomic mass is 9.56. The van der Waals surface area contributed by atoms with Crippen molar-refractivity contribution in [3.05, 3.63) is 12.2 Å². The lowest BCUT2D eigenvalue weighted by Gasteiger charge is -2.47. The van der Waals surface area contributed by atoms with Crippen molar-refractivity contribution in [2.24, 2.45) is 28.6 Å². The molecule has 0 aromatic carbocycles. The Hall–Kier alpha value is -1.12. The van der Waals surface area contributed by atoms with Gasteiger partial charge in [-0.2, -0.15) is 0 Å². The van der Waals surface area contributed by atoms with Crippen LogP contribution in [0.1, 0.15) is 46.5 Å². The minimum Gasteiger partial charge on any atom is -0.393 e. The number of hydrogen-bond donors (Lipinski definition) is 0. The molecule has 0 amide bonds. The highest BCUT2D eigenvalue weighted by atomic mass is 16.6. The molecular weight excluding hydrogens is 240 g/mol. The normalized spacial score (nSPS) is 45.1. The highest BCUT2D eigenvalue weighted by Gasteiger charge is 2.53. The molecule has 19 heavy (non-hydrogen) atoms. The van der Waals surface area contributed by atoms with E-state index in [4.69, 9.17) is 4.74 Å². The van der Waals surface area contributed by atoms with Crippen LogP contribution in [-0.4, -0.2) is 11.9 Å². The smallest absolute Gasteiger partial charge is 0.317 e. The summed E-state index contributed by atoms with van der Waals surface area (Å²) in [5.41, 5.74) is 0.109. The topological polar surface area (TPSA) is 43.4 Å². The highest BCUT2D eigenvalue weighted by Crippen LogP contribution is 2.55. The minimum absolute atomic E-state index is 0.0470. The molecule has 4 rings (SSSR count). The molecular formula is C16H22O3. The second-order valence-corrected chi connectivity index (χ2v) is 7.24. The van der Waals surface area contributed by atoms with Gasteiger partial charge in [0.1, 0.15) is 0 Å². The van der Waals surface area contributed by atoms with Crippen LogP contribution in [0.3, 0.4) is 0 Å². The summed E-state index contributed by atoms with van der Waals surface area (Å²) in [4.78, 5) is 23.9. The van der Waals surface area contributed by atoms with Gasteiger partial charge in [-0.25, -0.2) is 0 Å². The summed E-state index contributed by atoms with van der Waals surface area (Å²) in [6.45, 7) is 6.63. The number of ether oxygens (including phenoxy) is 1. The Bertz CT molecular complexity index is 465. The van der Waals surface area contributed by atoms with Crippen LogP contribution in [0.2, 0.25) is 0 Å². The minimum atomic E-state index is -0.295. The maximum atomic E-state index is 12.0. The second kappa shape index (κ2) is 3.94. The number of hydrogen-bond acceptors (Lipinski definition) is 3. The van der Waals surface area contributed by atoms with E-state index in [1.54, 1.807) is 0 Å². The van der Waals surface area contributed by atoms with Crippen molar-refractivity contribution >= 4 is 11.9 Å². The molecule has 0 radical (unpaired) electrons. The second-order valence-electron chi connectivity index (χ2n) is 7.24. The number of fused-ring (bicyclic) bond motifs is 1. The van der Waals surface area contributed by atoms with E-state index in [0.29, 0.717) is 5.92 Å². The van der Waals surface area contributed by atoms with Gasteiger partial charge in [-0.05, 0) is 42.4 Å². The first-order valence-electron chi connectivity index (χ1n) is 7.31. The highest BCUT2D eigenvalue weighted by molar-refractivity contribution is 5.96. The van der Waals surface area contributed by atoms with Crippen molar-refractivity contribution in [2.45, 2.75) is 46.5 Å². The van der Waals surface area contributed by atoms with Gasteiger partial charge in [-0.3, -0.25) is 9.59 Å². The lowest BCUT2D eigenvalue weighted by molar-refractivity contribution is -0.154. The molecule has 1 saturated heterocycles. The fourth-order valence-corrected chi connectivity index (χ4v) is 4.05. The van der Waals surface area contributed by atoms with E-state index >= 15 is 0 Å². The Balaban J connectivity index is 2.04. The van der Waals surface area contributed by atoms with Crippen molar-refractivity contribution < 1.29 is 14.3 Å². The number of cyclic esters (lactones) is 2. The van der Waals surface area contributed by atoms with Crippen LogP contribution in [0.4, 0.5) is 0 Å². The number of carbonyl (C=O) groups is 2. The molecule has 1 heterocycles. The van der Waals surface area contributed by atoms with Crippen molar-refractivity contribution in [1.82, 2.24) is 0 Å². The van der Waals surface area contributed by atoms with Crippen LogP contribution in [0.25, 0.3) is 0 Å². The summed E-state index contributed by atoms with van der Waals surface area (Å²) < 4.78 is 4.91. The van der Waals surface area contributed by atoms with Gasteiger partial charge in [0.15, 0.2) is 0 Å². The first-order chi connectivity index (χ1) is 8.85. The Morgan fingerprint density at radius 2 is 1.74 bits per heavy atom. The SMILES string of the molecule is CC(C)[C@@]12C=C[C@@](C)(CC1)C[C@H]1C(=O)OC(=O)[C@H]1C2. The fraction of sp³-hybridized carbons (Fsp3) is 0.750. The van der Waals surface area contributed by atoms with E-state index in [2.05, 4.69) is 32.9 Å². The molecule has 3 aliphatic carbocycles. The van der Waals surface area contributed by atoms with Gasteiger partial charge in [-0.1, -0.05) is 32.9 Å². The van der Waals surface area contributed by atoms with Gasteiger partial charge in [-0.15, -0.1) is 0 Å². The quantitative estimate of drug-likeness (QED) is 0.414. The summed E-state index contributed by atoms with van der Waals surface area (Å²) in [5, 5.41) is 0. The Kier molecular flexibility index (Phi) is 2.67. The van der Waals surface area contributed by atoms with Crippen molar-refractivity contribution in [2.75, 3.05) is 0 Å². The third-order valence-corrected chi connectivity index (χ3v) is 5.71. The van der Waals surface area contributed by atoms with E-state index in [9.17, 15) is 9.59 Å². The molecule has 104 valence electrons. The fourth-order valence-electron chi connectivity index (χ4n) is 4.05. The molecule has 0 N–H and O–H groups in total. The van der Waals surface area contributed by atoms with E-state index in [1.807, 2.05) is 0 Å². The third-order valence-electron chi connectivity index (χ3n) is 5.71. The molecule has 0 unspecified atom stereocenters. The number of rotatable bonds is 1. The molecule has 0 aromatic heterocycles. The molecule has 1 aliphatic heterocycles. The van der Waals surface area contributed by atoms with Crippen LogP contribution in [0.5, 0.6) is 0 Å². The summed E-state index contributed by atoms with van der Waals surface area (Å²) >= 11 is 0. The predicted octanol–water partition coefficient (Wildman–Crippen LogP) is 3.09. The van der Waals surface area contributed by atoms with Crippen LogP contribution >= 0.6 is 0 Å². The average Bonchev–Trinajstić information content (AvgIpc) is 2.54. The Labute approximate surface area is 114 Å². The van der Waals surface area contributed by atoms with Crippen LogP contribution in [0, 0.1) is 28.6 Å². The summed E-state index contributed by atoms with van der Waals surface area (Å²) in [7, 11) is 0. The first-order valence-corrected chi connectivity index (χ1v) is 7.31. The van der Waals surface area contributed by atoms with Gasteiger partial charge in [0.2, 0.25) is 0 Å². The molecule has 2 bridgehead atoms. The molecule has 4 aliphatic rings. The van der Waals surface area contributed by atoms with Gasteiger partial charge >= 0.3 is 11.9 Å². The molecule has 0 aromatic rings. The van der Waals surface area contributed by atoms with Crippen LogP contribution in [0.15, 0.2) is 12.2 Å². The van der Waals surface area contributed by atoms with Gasteiger partial charge < -0.3 is 4.74 Å². The lowest BCUT2D eigenvalue weighted by Crippen LogP contribution is -2.41. The molecule has 3 nitrogen and oxygen atoms in total. The van der Waals surface area contributed by atoms with Crippen LogP contribution < -0.4 is 0 Å². The summed E-state index contributed by atoms with van der Waals surface area (Å²) in [6, 6.07) is 0. The largest absolute Gasteiger partial charge is 0.393 e. The van der Waals surface area contributed by atoms with Gasteiger partial charge in [0.25, 0.3) is 0 Å². The van der Waals surface area contributed by atoms with Gasteiger partial charge in [0.05, 0.1) is 11.8 Å². The maximum absolute atomic E-state index is 12.0. The average molecular weight is 262 g/mol. The first kappa shape index (κ1) is 12.9. The van der Waals surface area contributed by atoms with E-state index in [0.717, 1.165) is 25.7 Å². The molecule has 2 fully saturated rings. The number of esters is 2. The van der Waals surface area contributed by atoms with E-state index < -0.39 is 0 Å². The molecule has 1 saturated carbocycles. The van der Waals surface area contributed by atoms with Crippen molar-refractivity contribution in [1.29, 1.82) is 0 Å². The number of carbonyl (C=O) groups excluding carboxylic acids is 2. The van der Waals surface area contributed by atoms with Crippen LogP contribution in [-0.2, 0) is 14.3 Å². The van der Waals surface area contributed by atoms with Crippen molar-refractivity contribution in [3.63, 3.8) is 0 Å². The van der Waals surface area contributed by atoms with Gasteiger partial charge in [0, 0.05) is 0 Å². The molecule has 4 atom stereocenters. The predicted molar refractivity (Wildman–Crippen MR) is 71.1 cm³/mol. The molecule has 0 spiro atoms. The zero-order valence-electron chi connectivity index (χ0n) is 11.9. The summed E-state index contributed by atoms with van der Waals surface area (Å²) in [6.07, 6.45) is 8.37. The van der Waals surface area contributed by atoms with E-state index in [1.165, 1.54) is 0 Å². The zero-order valence-corrected chi connectivity index (χ0v) is 11.9. The third kappa shape index (κ3) is 1.86. The monoisotopic (exact) mass is 262 g/mol. The maximum Gasteiger partial charge on any atom is 0.317 e. The summed E-state index contributed by atoms with van der Waals surface area (Å²) in [5.74, 6) is -0.549. The van der Waals surface area contributed by atoms with E-state index in [-0.39, 0.29) is 34.6 Å².